The first-order valence-corrected chi connectivity index (χ1v) is 15.8. The van der Waals surface area contributed by atoms with Crippen LogP contribution in [0.25, 0.3) is 0 Å². The summed E-state index contributed by atoms with van der Waals surface area (Å²) in [6.07, 6.45) is -6.45. The predicted octanol–water partition coefficient (Wildman–Crippen LogP) is 4.97. The minimum absolute atomic E-state index is 0.0251. The van der Waals surface area contributed by atoms with Crippen molar-refractivity contribution in [1.29, 1.82) is 0 Å². The highest BCUT2D eigenvalue weighted by Crippen LogP contribution is 2.42. The molecule has 7 N–H and O–H groups in total. The van der Waals surface area contributed by atoms with E-state index < -0.39 is 23.5 Å². The van der Waals surface area contributed by atoms with Crippen LogP contribution in [0.1, 0.15) is 65.1 Å². The molecule has 0 radical (unpaired) electrons. The average Bonchev–Trinajstić information content (AvgIpc) is 3.19. The lowest BCUT2D eigenvalue weighted by Gasteiger charge is -2.37. The zero-order chi connectivity index (χ0) is 35.8. The lowest BCUT2D eigenvalue weighted by molar-refractivity contribution is -0.143. The summed E-state index contributed by atoms with van der Waals surface area (Å²) in [5.74, 6) is 5.80. The Hall–Kier alpha value is -3.76. The molecule has 1 atom stereocenters. The Balaban J connectivity index is 0.00000116. The third-order valence-electron chi connectivity index (χ3n) is 8.63. The van der Waals surface area contributed by atoms with Crippen LogP contribution in [-0.4, -0.2) is 74.5 Å². The molecule has 0 bridgehead atoms. The molecule has 0 aromatic heterocycles. The van der Waals surface area contributed by atoms with Crippen LogP contribution in [0.15, 0.2) is 40.5 Å². The van der Waals surface area contributed by atoms with Gasteiger partial charge in [-0.2, -0.15) is 31.4 Å². The number of hydrazone groups is 2. The molecule has 0 saturated carbocycles. The number of nitrogens with one attached hydrogen (secondary N) is 1. The molecule has 2 aliphatic heterocycles. The molecule has 2 aromatic rings. The maximum Gasteiger partial charge on any atom is 0.416 e. The summed E-state index contributed by atoms with van der Waals surface area (Å²) in [6, 6.07) is 5.67. The fourth-order valence-corrected chi connectivity index (χ4v) is 6.47. The van der Waals surface area contributed by atoms with Crippen LogP contribution in [0.3, 0.4) is 0 Å². The number of aryl methyl sites for hydroxylation is 2. The minimum atomic E-state index is -4.91. The van der Waals surface area contributed by atoms with E-state index in [4.69, 9.17) is 17.3 Å². The van der Waals surface area contributed by atoms with Gasteiger partial charge in [0.05, 0.1) is 11.1 Å². The molecule has 48 heavy (non-hydrogen) atoms. The smallest absolute Gasteiger partial charge is 0.371 e. The Bertz CT molecular complexity index is 1350. The van der Waals surface area contributed by atoms with Crippen molar-refractivity contribution >= 4 is 18.4 Å². The summed E-state index contributed by atoms with van der Waals surface area (Å²) in [5.41, 5.74) is 16.4. The van der Waals surface area contributed by atoms with Gasteiger partial charge in [0.1, 0.15) is 0 Å². The molecule has 0 aliphatic carbocycles. The molecule has 4 rings (SSSR count). The molecular weight excluding hydrogens is 638 g/mol. The van der Waals surface area contributed by atoms with Crippen LogP contribution in [0, 0.1) is 19.8 Å². The Kier molecular flexibility index (Phi) is 13.4. The summed E-state index contributed by atoms with van der Waals surface area (Å²) in [6.45, 7) is 10.2. The van der Waals surface area contributed by atoms with E-state index in [0.29, 0.717) is 18.3 Å². The SMILES string of the molecule is C=NN(C)N.CN/N=C(\N)N1CCC(CN2CCCC(N(CN)Cc3cc(C(F)(F)F)cc(C(F)(F)F)c3)c3cc(C)cc(C)c32)CC1. The number of benzene rings is 2. The average molecular weight is 687 g/mol. The van der Waals surface area contributed by atoms with Crippen molar-refractivity contribution in [1.82, 2.24) is 20.3 Å². The fraction of sp³-hybridized carbons (Fsp3) is 0.562. The second-order valence-corrected chi connectivity index (χ2v) is 12.3. The first-order chi connectivity index (χ1) is 22.5. The van der Waals surface area contributed by atoms with Crippen molar-refractivity contribution in [3.63, 3.8) is 0 Å². The van der Waals surface area contributed by atoms with Gasteiger partial charge in [-0.05, 0) is 80.3 Å². The van der Waals surface area contributed by atoms with Gasteiger partial charge in [-0.15, -0.1) is 5.10 Å². The number of fused-ring (bicyclic) bond motifs is 1. The van der Waals surface area contributed by atoms with Crippen LogP contribution in [0.4, 0.5) is 32.0 Å². The number of rotatable bonds is 8. The van der Waals surface area contributed by atoms with Crippen molar-refractivity contribution < 1.29 is 26.3 Å². The van der Waals surface area contributed by atoms with Gasteiger partial charge in [0.25, 0.3) is 0 Å². The second-order valence-electron chi connectivity index (χ2n) is 12.3. The number of alkyl halides is 6. The molecule has 0 amide bonds. The number of hydrazine groups is 1. The topological polar surface area (TPSA) is 128 Å². The van der Waals surface area contributed by atoms with Crippen molar-refractivity contribution in [2.75, 3.05) is 51.8 Å². The van der Waals surface area contributed by atoms with Gasteiger partial charge < -0.3 is 26.7 Å². The standard InChI is InChI=1S/C30H41F6N7.C2H7N3/c1-19-11-20(2)27-25(12-19)26(5-4-8-42(27)16-21-6-9-41(10-7-21)28(38)40-39-3)43(18-37)17-22-13-23(29(31,32)33)15-24(14-22)30(34,35)36;1-4-5(2)3/h11-15,21,26,39H,4-10,16-18,37H2,1-3H3,(H2,38,40);1,3H2,2H3. The number of piperidine rings is 1. The highest BCUT2D eigenvalue weighted by Gasteiger charge is 2.38. The van der Waals surface area contributed by atoms with E-state index in [0.717, 1.165) is 85.1 Å². The zero-order valence-electron chi connectivity index (χ0n) is 28.0. The maximum absolute atomic E-state index is 13.6. The minimum Gasteiger partial charge on any atom is -0.371 e. The summed E-state index contributed by atoms with van der Waals surface area (Å²) >= 11 is 0. The lowest BCUT2D eigenvalue weighted by atomic mass is 9.93. The molecule has 1 saturated heterocycles. The first-order valence-electron chi connectivity index (χ1n) is 15.8. The number of hydrogen-bond acceptors (Lipinski definition) is 8. The molecule has 2 aliphatic rings. The number of anilines is 1. The van der Waals surface area contributed by atoms with Crippen LogP contribution in [0.5, 0.6) is 0 Å². The Morgan fingerprint density at radius 2 is 1.56 bits per heavy atom. The van der Waals surface area contributed by atoms with Gasteiger partial charge >= 0.3 is 12.4 Å². The van der Waals surface area contributed by atoms with E-state index in [1.807, 2.05) is 13.8 Å². The highest BCUT2D eigenvalue weighted by molar-refractivity contribution is 5.77. The van der Waals surface area contributed by atoms with Gasteiger partial charge in [-0.1, -0.05) is 17.7 Å². The van der Waals surface area contributed by atoms with Gasteiger partial charge in [-0.3, -0.25) is 4.90 Å². The van der Waals surface area contributed by atoms with E-state index in [9.17, 15) is 26.3 Å². The molecule has 16 heteroatoms. The van der Waals surface area contributed by atoms with Gasteiger partial charge in [-0.25, -0.2) is 11.0 Å². The number of halogens is 6. The van der Waals surface area contributed by atoms with E-state index in [-0.39, 0.29) is 30.9 Å². The fourth-order valence-electron chi connectivity index (χ4n) is 6.47. The summed E-state index contributed by atoms with van der Waals surface area (Å²) in [7, 11) is 3.31. The van der Waals surface area contributed by atoms with Crippen LogP contribution in [-0.2, 0) is 18.9 Å². The molecular formula is C32H48F6N10. The van der Waals surface area contributed by atoms with E-state index in [1.165, 1.54) is 0 Å². The number of nitrogens with two attached hydrogens (primary N) is 3. The first kappa shape index (κ1) is 38.7. The molecule has 10 nitrogen and oxygen atoms in total. The van der Waals surface area contributed by atoms with E-state index in [2.05, 4.69) is 44.3 Å². The quantitative estimate of drug-likeness (QED) is 0.0766. The Morgan fingerprint density at radius 3 is 2.06 bits per heavy atom. The number of hydrogen-bond donors (Lipinski definition) is 4. The highest BCUT2D eigenvalue weighted by atomic mass is 19.4. The lowest BCUT2D eigenvalue weighted by Crippen LogP contribution is -2.45. The Labute approximate surface area is 278 Å². The van der Waals surface area contributed by atoms with Gasteiger partial charge in [0, 0.05) is 71.9 Å². The molecule has 2 aromatic carbocycles. The van der Waals surface area contributed by atoms with Crippen molar-refractivity contribution in [2.45, 2.75) is 64.5 Å². The molecule has 1 fully saturated rings. The second kappa shape index (κ2) is 16.6. The monoisotopic (exact) mass is 686 g/mol. The number of nitrogens with zero attached hydrogens (tertiary/aromatic N) is 6. The summed E-state index contributed by atoms with van der Waals surface area (Å²) in [4.78, 5) is 6.25. The van der Waals surface area contributed by atoms with Crippen molar-refractivity contribution in [2.24, 2.45) is 33.4 Å². The number of guanidine groups is 1. The van der Waals surface area contributed by atoms with E-state index >= 15 is 0 Å². The third-order valence-corrected chi connectivity index (χ3v) is 8.63. The largest absolute Gasteiger partial charge is 0.416 e. The molecule has 268 valence electrons. The van der Waals surface area contributed by atoms with E-state index in [1.54, 1.807) is 19.0 Å². The zero-order valence-corrected chi connectivity index (χ0v) is 28.0. The van der Waals surface area contributed by atoms with Gasteiger partial charge in [0.2, 0.25) is 5.96 Å². The maximum atomic E-state index is 13.6. The molecule has 0 spiro atoms. The van der Waals surface area contributed by atoms with Crippen LogP contribution in [0.2, 0.25) is 0 Å². The van der Waals surface area contributed by atoms with Crippen LogP contribution < -0.4 is 27.6 Å². The Morgan fingerprint density at radius 1 is 0.979 bits per heavy atom. The van der Waals surface area contributed by atoms with Crippen LogP contribution >= 0.6 is 0 Å². The van der Waals surface area contributed by atoms with Crippen molar-refractivity contribution in [3.8, 4) is 0 Å². The summed E-state index contributed by atoms with van der Waals surface area (Å²) < 4.78 is 81.3. The molecule has 1 unspecified atom stereocenters. The predicted molar refractivity (Wildman–Crippen MR) is 178 cm³/mol. The molecule has 2 heterocycles. The summed E-state index contributed by atoms with van der Waals surface area (Å²) in [5, 5.41) is 8.47. The van der Waals surface area contributed by atoms with Crippen molar-refractivity contribution in [3.05, 3.63) is 63.7 Å². The third kappa shape index (κ3) is 10.4. The number of likely N-dealkylation sites (tertiary alicyclic amines) is 1. The normalized spacial score (nSPS) is 17.8. The van der Waals surface area contributed by atoms with Gasteiger partial charge in [0.15, 0.2) is 0 Å².